The third kappa shape index (κ3) is 3.00. The third-order valence-corrected chi connectivity index (χ3v) is 8.48. The number of piperazine rings is 3. The van der Waals surface area contributed by atoms with E-state index in [1.54, 1.807) is 6.20 Å². The van der Waals surface area contributed by atoms with Crippen molar-refractivity contribution >= 4 is 27.5 Å². The van der Waals surface area contributed by atoms with Crippen molar-refractivity contribution in [3.05, 3.63) is 53.9 Å². The minimum absolute atomic E-state index is 0.0765. The number of nitrogens with zero attached hydrogens (tertiary/aromatic N) is 4. The number of quaternary nitrogens is 1. The van der Waals surface area contributed by atoms with Crippen LogP contribution < -0.4 is 4.48 Å². The standard InChI is InChI=1S/C26H23F5N5/c27-19-2-1-15(12-20(19)28)22-17-11-16-14-32-34-21(16)13-18(17)24(36-8-5-35(6-9-36)7-10-36)33-23(22)25(3-4-25)26(29,30)31/h1-2,11-14H,3-10H2,(H,32,34)/q+1. The molecule has 0 radical (unpaired) electrons. The van der Waals surface area contributed by atoms with Gasteiger partial charge in [-0.1, -0.05) is 6.07 Å². The Morgan fingerprint density at radius 1 is 0.917 bits per heavy atom. The van der Waals surface area contributed by atoms with Crippen LogP contribution in [0.1, 0.15) is 18.5 Å². The van der Waals surface area contributed by atoms with Gasteiger partial charge in [0, 0.05) is 30.6 Å². The summed E-state index contributed by atoms with van der Waals surface area (Å²) in [7, 11) is 0. The summed E-state index contributed by atoms with van der Waals surface area (Å²) in [6.45, 7) is 4.89. The summed E-state index contributed by atoms with van der Waals surface area (Å²) in [6.07, 6.45) is -3.05. The van der Waals surface area contributed by atoms with Crippen LogP contribution in [0.2, 0.25) is 0 Å². The Labute approximate surface area is 203 Å². The molecule has 2 aromatic heterocycles. The highest BCUT2D eigenvalue weighted by molar-refractivity contribution is 6.09. The van der Waals surface area contributed by atoms with Crippen LogP contribution in [0.5, 0.6) is 0 Å². The first kappa shape index (κ1) is 22.1. The van der Waals surface area contributed by atoms with Gasteiger partial charge in [0.15, 0.2) is 11.6 Å². The largest absolute Gasteiger partial charge is 0.399 e. The topological polar surface area (TPSA) is 44.8 Å². The highest BCUT2D eigenvalue weighted by atomic mass is 19.4. The number of hydrogen-bond acceptors (Lipinski definition) is 3. The molecular weight excluding hydrogens is 477 g/mol. The molecule has 2 aromatic carbocycles. The van der Waals surface area contributed by atoms with Crippen LogP contribution in [0.4, 0.5) is 27.8 Å². The molecule has 0 amide bonds. The van der Waals surface area contributed by atoms with E-state index >= 15 is 0 Å². The highest BCUT2D eigenvalue weighted by Crippen LogP contribution is 2.61. The number of halogens is 5. The zero-order valence-corrected chi connectivity index (χ0v) is 19.3. The van der Waals surface area contributed by atoms with Crippen LogP contribution in [0.25, 0.3) is 32.8 Å². The summed E-state index contributed by atoms with van der Waals surface area (Å²) in [4.78, 5) is 7.26. The van der Waals surface area contributed by atoms with Crippen LogP contribution in [-0.4, -0.2) is 65.5 Å². The molecule has 10 heteroatoms. The molecule has 36 heavy (non-hydrogen) atoms. The summed E-state index contributed by atoms with van der Waals surface area (Å²) < 4.78 is 72.5. The van der Waals surface area contributed by atoms with Crippen LogP contribution in [0.3, 0.4) is 0 Å². The molecule has 8 rings (SSSR count). The predicted octanol–water partition coefficient (Wildman–Crippen LogP) is 5.29. The third-order valence-electron chi connectivity index (χ3n) is 8.48. The lowest BCUT2D eigenvalue weighted by Crippen LogP contribution is -2.68. The molecule has 1 aliphatic carbocycles. The van der Waals surface area contributed by atoms with Crippen molar-refractivity contribution in [2.24, 2.45) is 0 Å². The second kappa shape index (κ2) is 7.23. The number of benzene rings is 2. The number of fused-ring (bicyclic) bond motifs is 5. The number of H-pyrrole nitrogens is 1. The van der Waals surface area contributed by atoms with E-state index < -0.39 is 23.2 Å². The van der Waals surface area contributed by atoms with Gasteiger partial charge in [-0.2, -0.15) is 23.3 Å². The lowest BCUT2D eigenvalue weighted by atomic mass is 9.87. The zero-order valence-electron chi connectivity index (χ0n) is 19.3. The Balaban J connectivity index is 1.62. The second-order valence-corrected chi connectivity index (χ2v) is 10.4. The molecule has 2 bridgehead atoms. The van der Waals surface area contributed by atoms with Gasteiger partial charge in [-0.3, -0.25) is 14.5 Å². The molecule has 5 heterocycles. The molecule has 4 aromatic rings. The minimum atomic E-state index is -4.52. The average molecular weight is 500 g/mol. The van der Waals surface area contributed by atoms with Crippen molar-refractivity contribution in [3.63, 3.8) is 0 Å². The maximum absolute atomic E-state index is 14.6. The molecular formula is C26H23F5N5+. The first-order chi connectivity index (χ1) is 17.2. The first-order valence-corrected chi connectivity index (χ1v) is 12.1. The molecule has 4 aliphatic rings. The van der Waals surface area contributed by atoms with Gasteiger partial charge in [0.25, 0.3) is 0 Å². The van der Waals surface area contributed by atoms with E-state index in [0.29, 0.717) is 15.7 Å². The van der Waals surface area contributed by atoms with Crippen molar-refractivity contribution in [1.29, 1.82) is 0 Å². The van der Waals surface area contributed by atoms with E-state index in [-0.39, 0.29) is 29.7 Å². The summed E-state index contributed by atoms with van der Waals surface area (Å²) >= 11 is 0. The fraction of sp³-hybridized carbons (Fsp3) is 0.385. The Kier molecular flexibility index (Phi) is 4.44. The number of alkyl halides is 3. The van der Waals surface area contributed by atoms with E-state index in [1.807, 2.05) is 12.1 Å². The van der Waals surface area contributed by atoms with Gasteiger partial charge in [0.2, 0.25) is 5.82 Å². The number of hydrogen-bond donors (Lipinski definition) is 1. The van der Waals surface area contributed by atoms with Crippen LogP contribution in [0.15, 0.2) is 36.5 Å². The zero-order chi connectivity index (χ0) is 24.9. The van der Waals surface area contributed by atoms with E-state index in [2.05, 4.69) is 15.1 Å². The van der Waals surface area contributed by atoms with Gasteiger partial charge >= 0.3 is 6.18 Å². The van der Waals surface area contributed by atoms with Gasteiger partial charge in [-0.15, -0.1) is 0 Å². The summed E-state index contributed by atoms with van der Waals surface area (Å²) in [5, 5.41) is 9.09. The van der Waals surface area contributed by atoms with Crippen molar-refractivity contribution in [2.75, 3.05) is 39.3 Å². The van der Waals surface area contributed by atoms with Crippen molar-refractivity contribution in [3.8, 4) is 11.1 Å². The minimum Gasteiger partial charge on any atom is -0.287 e. The van der Waals surface area contributed by atoms with Crippen LogP contribution >= 0.6 is 0 Å². The Hall–Kier alpha value is -3.11. The lowest BCUT2D eigenvalue weighted by Gasteiger charge is -2.49. The fourth-order valence-corrected chi connectivity index (χ4v) is 6.15. The molecule has 3 saturated heterocycles. The molecule has 186 valence electrons. The number of aromatic amines is 1. The van der Waals surface area contributed by atoms with Crippen molar-refractivity contribution < 1.29 is 22.0 Å². The first-order valence-electron chi connectivity index (χ1n) is 12.1. The highest BCUT2D eigenvalue weighted by Gasteiger charge is 2.66. The summed E-state index contributed by atoms with van der Waals surface area (Å²) in [5.41, 5.74) is -1.02. The second-order valence-electron chi connectivity index (χ2n) is 10.4. The molecule has 0 spiro atoms. The van der Waals surface area contributed by atoms with Gasteiger partial charge in [0.1, 0.15) is 5.41 Å². The van der Waals surface area contributed by atoms with E-state index in [4.69, 9.17) is 4.98 Å². The average Bonchev–Trinajstić information content (AvgIpc) is 3.57. The maximum atomic E-state index is 14.6. The van der Waals surface area contributed by atoms with Crippen LogP contribution in [0, 0.1) is 11.6 Å². The predicted molar refractivity (Wildman–Crippen MR) is 127 cm³/mol. The van der Waals surface area contributed by atoms with Gasteiger partial charge < -0.3 is 0 Å². The molecule has 5 nitrogen and oxygen atoms in total. The molecule has 1 N–H and O–H groups in total. The molecule has 4 fully saturated rings. The number of pyridine rings is 1. The summed E-state index contributed by atoms with van der Waals surface area (Å²) in [6, 6.07) is 6.99. The number of nitrogens with one attached hydrogen (secondary N) is 1. The van der Waals surface area contributed by atoms with Crippen LogP contribution in [-0.2, 0) is 5.41 Å². The van der Waals surface area contributed by atoms with Gasteiger partial charge in [-0.25, -0.2) is 8.78 Å². The molecule has 0 atom stereocenters. The molecule has 0 unspecified atom stereocenters. The normalized spacial score (nSPS) is 25.1. The van der Waals surface area contributed by atoms with E-state index in [0.717, 1.165) is 67.7 Å². The van der Waals surface area contributed by atoms with Gasteiger partial charge in [0.05, 0.1) is 42.4 Å². The smallest absolute Gasteiger partial charge is 0.287 e. The van der Waals surface area contributed by atoms with Gasteiger partial charge in [-0.05, 0) is 48.1 Å². The fourth-order valence-electron chi connectivity index (χ4n) is 6.15. The van der Waals surface area contributed by atoms with Crippen molar-refractivity contribution in [2.45, 2.75) is 24.4 Å². The monoisotopic (exact) mass is 500 g/mol. The number of aromatic nitrogens is 3. The van der Waals surface area contributed by atoms with E-state index in [1.165, 1.54) is 6.07 Å². The SMILES string of the molecule is Fc1ccc(-c2c(C3(C(F)(F)F)CC3)nc([N+]34CCN(CC3)CC4)c3cc4[nH]ncc4cc23)cc1F. The molecule has 3 aliphatic heterocycles. The maximum Gasteiger partial charge on any atom is 0.399 e. The quantitative estimate of drug-likeness (QED) is 0.307. The lowest BCUT2D eigenvalue weighted by molar-refractivity contribution is -0.161. The summed E-state index contributed by atoms with van der Waals surface area (Å²) in [5.74, 6) is -1.52. The number of rotatable bonds is 3. The Morgan fingerprint density at radius 3 is 2.28 bits per heavy atom. The Morgan fingerprint density at radius 2 is 1.64 bits per heavy atom. The Bertz CT molecular complexity index is 1520. The molecule has 1 saturated carbocycles. The van der Waals surface area contributed by atoms with Crippen molar-refractivity contribution in [1.82, 2.24) is 24.6 Å². The van der Waals surface area contributed by atoms with E-state index in [9.17, 15) is 22.0 Å².